The first-order chi connectivity index (χ1) is 9.51. The molecule has 2 nitrogen and oxygen atoms in total. The van der Waals surface area contributed by atoms with Crippen molar-refractivity contribution in [2.24, 2.45) is 0 Å². The summed E-state index contributed by atoms with van der Waals surface area (Å²) in [5.74, 6) is 0.169. The molecule has 0 saturated carbocycles. The quantitative estimate of drug-likeness (QED) is 0.830. The standard InChI is InChI=1S/C14H14BrF2NOS/c1-8-7-11(20-13(8)15)12(18-2)9-3-5-10(6-4-9)19-14(16)17/h3-7,12,14,18H,1-2H3. The second kappa shape index (κ2) is 6.65. The molecule has 0 aliphatic rings. The van der Waals surface area contributed by atoms with Crippen molar-refractivity contribution in [2.45, 2.75) is 19.6 Å². The summed E-state index contributed by atoms with van der Waals surface area (Å²) in [5, 5.41) is 3.24. The van der Waals surface area contributed by atoms with Gasteiger partial charge in [-0.05, 0) is 59.2 Å². The number of hydrogen-bond acceptors (Lipinski definition) is 3. The van der Waals surface area contributed by atoms with Crippen molar-refractivity contribution >= 4 is 27.3 Å². The maximum absolute atomic E-state index is 12.1. The zero-order valence-corrected chi connectivity index (χ0v) is 13.4. The van der Waals surface area contributed by atoms with E-state index in [4.69, 9.17) is 0 Å². The van der Waals surface area contributed by atoms with E-state index >= 15 is 0 Å². The van der Waals surface area contributed by atoms with Gasteiger partial charge in [0.05, 0.1) is 9.83 Å². The van der Waals surface area contributed by atoms with E-state index in [2.05, 4.69) is 32.0 Å². The van der Waals surface area contributed by atoms with Gasteiger partial charge in [0, 0.05) is 4.88 Å². The van der Waals surface area contributed by atoms with Gasteiger partial charge in [0.2, 0.25) is 0 Å². The van der Waals surface area contributed by atoms with Crippen LogP contribution in [0.4, 0.5) is 8.78 Å². The van der Waals surface area contributed by atoms with Crippen LogP contribution >= 0.6 is 27.3 Å². The van der Waals surface area contributed by atoms with Gasteiger partial charge in [-0.2, -0.15) is 8.78 Å². The van der Waals surface area contributed by atoms with E-state index < -0.39 is 6.61 Å². The lowest BCUT2D eigenvalue weighted by atomic mass is 10.1. The number of nitrogens with one attached hydrogen (secondary N) is 1. The Morgan fingerprint density at radius 2 is 1.90 bits per heavy atom. The first kappa shape index (κ1) is 15.4. The summed E-state index contributed by atoms with van der Waals surface area (Å²) in [5.41, 5.74) is 2.19. The molecule has 1 aromatic heterocycles. The Morgan fingerprint density at radius 3 is 2.35 bits per heavy atom. The van der Waals surface area contributed by atoms with E-state index in [1.165, 1.54) is 10.4 Å². The Morgan fingerprint density at radius 1 is 1.25 bits per heavy atom. The lowest BCUT2D eigenvalue weighted by Crippen LogP contribution is -2.16. The molecular formula is C14H14BrF2NOS. The van der Waals surface area contributed by atoms with Crippen molar-refractivity contribution < 1.29 is 13.5 Å². The van der Waals surface area contributed by atoms with Crippen molar-refractivity contribution in [1.82, 2.24) is 5.32 Å². The molecule has 2 aromatic rings. The van der Waals surface area contributed by atoms with E-state index in [9.17, 15) is 8.78 Å². The number of benzene rings is 1. The minimum atomic E-state index is -2.79. The molecule has 0 aliphatic heterocycles. The van der Waals surface area contributed by atoms with Crippen LogP contribution in [0, 0.1) is 6.92 Å². The first-order valence-corrected chi connectivity index (χ1v) is 7.60. The van der Waals surface area contributed by atoms with Gasteiger partial charge in [-0.1, -0.05) is 12.1 Å². The highest BCUT2D eigenvalue weighted by Gasteiger charge is 2.16. The maximum Gasteiger partial charge on any atom is 0.387 e. The summed E-state index contributed by atoms with van der Waals surface area (Å²) in [4.78, 5) is 1.17. The van der Waals surface area contributed by atoms with Crippen LogP contribution in [0.5, 0.6) is 5.75 Å². The van der Waals surface area contributed by atoms with Gasteiger partial charge >= 0.3 is 6.61 Å². The zero-order chi connectivity index (χ0) is 14.7. The topological polar surface area (TPSA) is 21.3 Å². The minimum absolute atomic E-state index is 0.0330. The van der Waals surface area contributed by atoms with Crippen LogP contribution in [0.3, 0.4) is 0 Å². The van der Waals surface area contributed by atoms with Crippen molar-refractivity contribution in [3.05, 3.63) is 50.1 Å². The third-order valence-electron chi connectivity index (χ3n) is 2.89. The molecule has 1 N–H and O–H groups in total. The summed E-state index contributed by atoms with van der Waals surface area (Å²) < 4.78 is 29.7. The highest BCUT2D eigenvalue weighted by atomic mass is 79.9. The average Bonchev–Trinajstić information content (AvgIpc) is 2.72. The molecule has 108 valence electrons. The van der Waals surface area contributed by atoms with Gasteiger partial charge in [-0.25, -0.2) is 0 Å². The summed E-state index contributed by atoms with van der Waals surface area (Å²) in [6, 6.07) is 8.84. The van der Waals surface area contributed by atoms with Crippen LogP contribution in [-0.2, 0) is 0 Å². The van der Waals surface area contributed by atoms with Gasteiger partial charge in [0.15, 0.2) is 0 Å². The van der Waals surface area contributed by atoms with Crippen LogP contribution in [0.2, 0.25) is 0 Å². The number of ether oxygens (including phenoxy) is 1. The van der Waals surface area contributed by atoms with Gasteiger partial charge < -0.3 is 10.1 Å². The number of alkyl halides is 2. The van der Waals surface area contributed by atoms with Crippen LogP contribution in [0.1, 0.15) is 22.0 Å². The van der Waals surface area contributed by atoms with Crippen LogP contribution in [0.25, 0.3) is 0 Å². The molecule has 0 fully saturated rings. The number of thiophene rings is 1. The van der Waals surface area contributed by atoms with E-state index in [-0.39, 0.29) is 11.8 Å². The summed E-state index contributed by atoms with van der Waals surface area (Å²) in [6.45, 7) is -0.757. The second-order valence-corrected chi connectivity index (χ2v) is 6.68. The molecule has 1 unspecified atom stereocenters. The van der Waals surface area contributed by atoms with E-state index in [0.29, 0.717) is 0 Å². The molecule has 2 rings (SSSR count). The molecule has 0 radical (unpaired) electrons. The fourth-order valence-corrected chi connectivity index (χ4v) is 3.65. The molecule has 1 atom stereocenters. The molecule has 6 heteroatoms. The largest absolute Gasteiger partial charge is 0.435 e. The lowest BCUT2D eigenvalue weighted by Gasteiger charge is -2.15. The van der Waals surface area contributed by atoms with Crippen molar-refractivity contribution in [3.8, 4) is 5.75 Å². The van der Waals surface area contributed by atoms with Crippen molar-refractivity contribution in [2.75, 3.05) is 7.05 Å². The monoisotopic (exact) mass is 361 g/mol. The molecule has 0 bridgehead atoms. The number of halogens is 3. The van der Waals surface area contributed by atoms with Crippen molar-refractivity contribution in [1.29, 1.82) is 0 Å². The molecule has 0 aliphatic carbocycles. The Bertz CT molecular complexity index is 552. The van der Waals surface area contributed by atoms with Gasteiger partial charge in [-0.3, -0.25) is 0 Å². The second-order valence-electron chi connectivity index (χ2n) is 4.27. The Hall–Kier alpha value is -0.980. The third kappa shape index (κ3) is 3.56. The third-order valence-corrected chi connectivity index (χ3v) is 5.09. The molecule has 1 aromatic carbocycles. The number of aryl methyl sites for hydroxylation is 1. The summed E-state index contributed by atoms with van der Waals surface area (Å²) in [6.07, 6.45) is 0. The summed E-state index contributed by atoms with van der Waals surface area (Å²) >= 11 is 5.17. The maximum atomic E-state index is 12.1. The van der Waals surface area contributed by atoms with Crippen LogP contribution < -0.4 is 10.1 Å². The van der Waals surface area contributed by atoms with Gasteiger partial charge in [-0.15, -0.1) is 11.3 Å². The molecule has 0 spiro atoms. The van der Waals surface area contributed by atoms with Crippen LogP contribution in [0.15, 0.2) is 34.1 Å². The Labute approximate surface area is 128 Å². The predicted molar refractivity (Wildman–Crippen MR) is 80.7 cm³/mol. The van der Waals surface area contributed by atoms with Gasteiger partial charge in [0.1, 0.15) is 5.75 Å². The number of rotatable bonds is 5. The summed E-state index contributed by atoms with van der Waals surface area (Å²) in [7, 11) is 1.87. The average molecular weight is 362 g/mol. The molecule has 1 heterocycles. The lowest BCUT2D eigenvalue weighted by molar-refractivity contribution is -0.0498. The molecular weight excluding hydrogens is 348 g/mol. The molecule has 20 heavy (non-hydrogen) atoms. The highest BCUT2D eigenvalue weighted by molar-refractivity contribution is 9.11. The predicted octanol–water partition coefficient (Wildman–Crippen LogP) is 4.73. The number of hydrogen-bond donors (Lipinski definition) is 1. The smallest absolute Gasteiger partial charge is 0.387 e. The van der Waals surface area contributed by atoms with Gasteiger partial charge in [0.25, 0.3) is 0 Å². The minimum Gasteiger partial charge on any atom is -0.435 e. The van der Waals surface area contributed by atoms with E-state index in [1.54, 1.807) is 35.6 Å². The normalized spacial score (nSPS) is 12.7. The van der Waals surface area contributed by atoms with Crippen LogP contribution in [-0.4, -0.2) is 13.7 Å². The zero-order valence-electron chi connectivity index (χ0n) is 11.0. The van der Waals surface area contributed by atoms with E-state index in [0.717, 1.165) is 9.35 Å². The fraction of sp³-hybridized carbons (Fsp3) is 0.286. The SMILES string of the molecule is CNC(c1ccc(OC(F)F)cc1)c1cc(C)c(Br)s1. The van der Waals surface area contributed by atoms with Crippen molar-refractivity contribution in [3.63, 3.8) is 0 Å². The Kier molecular flexibility index (Phi) is 5.12. The highest BCUT2D eigenvalue weighted by Crippen LogP contribution is 2.34. The molecule has 0 amide bonds. The fourth-order valence-electron chi connectivity index (χ4n) is 1.94. The van der Waals surface area contributed by atoms with E-state index in [1.807, 2.05) is 14.0 Å². The molecule has 0 saturated heterocycles. The first-order valence-electron chi connectivity index (χ1n) is 5.99. The Balaban J connectivity index is 2.23.